The first kappa shape index (κ1) is 12.1. The maximum absolute atomic E-state index is 9.45. The summed E-state index contributed by atoms with van der Waals surface area (Å²) < 4.78 is 1.58. The number of hydrogen-bond acceptors (Lipinski definition) is 5. The van der Waals surface area contributed by atoms with Crippen molar-refractivity contribution in [2.75, 3.05) is 13.2 Å². The molecule has 0 bridgehead atoms. The quantitative estimate of drug-likeness (QED) is 0.573. The van der Waals surface area contributed by atoms with Crippen molar-refractivity contribution >= 4 is 0 Å². The molecule has 0 saturated carbocycles. The third-order valence-electron chi connectivity index (χ3n) is 1.78. The average Bonchev–Trinajstić information content (AvgIpc) is 2.51. The fourth-order valence-electron chi connectivity index (χ4n) is 1.13. The molecule has 1 aromatic rings. The molecule has 0 atom stereocenters. The molecule has 0 aliphatic heterocycles. The maximum atomic E-state index is 9.45. The van der Waals surface area contributed by atoms with E-state index in [1.54, 1.807) is 24.7 Å². The van der Waals surface area contributed by atoms with Crippen LogP contribution in [0.3, 0.4) is 0 Å². The molecule has 0 unspecified atom stereocenters. The van der Waals surface area contributed by atoms with Gasteiger partial charge in [-0.15, -0.1) is 5.10 Å². The topological polar surface area (TPSA) is 83.2 Å². The fourth-order valence-corrected chi connectivity index (χ4v) is 1.13. The lowest BCUT2D eigenvalue weighted by molar-refractivity contribution is 0.0794. The standard InChI is InChI=1S/C9H18N4O2/c1-9(2,15)7-10-5-8-6-13(3-4-14)12-11-8/h6,10,14-15H,3-5,7H2,1-2H3. The van der Waals surface area contributed by atoms with Gasteiger partial charge in [-0.05, 0) is 13.8 Å². The van der Waals surface area contributed by atoms with Crippen molar-refractivity contribution in [3.05, 3.63) is 11.9 Å². The Balaban J connectivity index is 2.31. The van der Waals surface area contributed by atoms with Crippen LogP contribution in [-0.2, 0) is 13.1 Å². The monoisotopic (exact) mass is 214 g/mol. The van der Waals surface area contributed by atoms with Gasteiger partial charge in [-0.2, -0.15) is 0 Å². The summed E-state index contributed by atoms with van der Waals surface area (Å²) in [4.78, 5) is 0. The van der Waals surface area contributed by atoms with Crippen LogP contribution in [0.4, 0.5) is 0 Å². The van der Waals surface area contributed by atoms with E-state index < -0.39 is 5.60 Å². The lowest BCUT2D eigenvalue weighted by Gasteiger charge is -2.16. The van der Waals surface area contributed by atoms with Crippen molar-refractivity contribution in [2.24, 2.45) is 0 Å². The van der Waals surface area contributed by atoms with Gasteiger partial charge in [0.2, 0.25) is 0 Å². The van der Waals surface area contributed by atoms with E-state index in [-0.39, 0.29) is 6.61 Å². The van der Waals surface area contributed by atoms with Crippen molar-refractivity contribution in [1.29, 1.82) is 0 Å². The lowest BCUT2D eigenvalue weighted by Crippen LogP contribution is -2.34. The highest BCUT2D eigenvalue weighted by molar-refractivity contribution is 4.91. The molecule has 6 nitrogen and oxygen atoms in total. The van der Waals surface area contributed by atoms with Gasteiger partial charge in [-0.1, -0.05) is 5.21 Å². The molecule has 6 heteroatoms. The van der Waals surface area contributed by atoms with Crippen molar-refractivity contribution in [1.82, 2.24) is 20.3 Å². The minimum atomic E-state index is -0.721. The fraction of sp³-hybridized carbons (Fsp3) is 0.778. The second-order valence-electron chi connectivity index (χ2n) is 4.11. The van der Waals surface area contributed by atoms with Gasteiger partial charge < -0.3 is 15.5 Å². The Kier molecular flexibility index (Phi) is 4.19. The molecule has 1 heterocycles. The van der Waals surface area contributed by atoms with Crippen LogP contribution in [0.2, 0.25) is 0 Å². The Morgan fingerprint density at radius 3 is 2.87 bits per heavy atom. The number of aromatic nitrogens is 3. The molecule has 0 saturated heterocycles. The van der Waals surface area contributed by atoms with Crippen LogP contribution in [0.15, 0.2) is 6.20 Å². The molecule has 1 aromatic heterocycles. The first-order valence-electron chi connectivity index (χ1n) is 4.94. The average molecular weight is 214 g/mol. The van der Waals surface area contributed by atoms with Gasteiger partial charge in [0.05, 0.1) is 24.4 Å². The van der Waals surface area contributed by atoms with Gasteiger partial charge in [-0.3, -0.25) is 0 Å². The zero-order valence-corrected chi connectivity index (χ0v) is 9.14. The molecule has 0 aliphatic rings. The lowest BCUT2D eigenvalue weighted by atomic mass is 10.1. The molecule has 86 valence electrons. The van der Waals surface area contributed by atoms with Crippen molar-refractivity contribution < 1.29 is 10.2 Å². The summed E-state index contributed by atoms with van der Waals surface area (Å²) in [5, 5.41) is 28.9. The molecule has 0 spiro atoms. The van der Waals surface area contributed by atoms with E-state index in [4.69, 9.17) is 5.11 Å². The molecule has 0 aromatic carbocycles. The summed E-state index contributed by atoms with van der Waals surface area (Å²) in [5.41, 5.74) is 0.0777. The maximum Gasteiger partial charge on any atom is 0.0964 e. The van der Waals surface area contributed by atoms with Crippen LogP contribution in [-0.4, -0.2) is 44.0 Å². The first-order chi connectivity index (χ1) is 7.01. The van der Waals surface area contributed by atoms with E-state index in [1.165, 1.54) is 0 Å². The number of aliphatic hydroxyl groups excluding tert-OH is 1. The molecule has 0 amide bonds. The smallest absolute Gasteiger partial charge is 0.0964 e. The number of nitrogens with zero attached hydrogens (tertiary/aromatic N) is 3. The molecule has 3 N–H and O–H groups in total. The first-order valence-corrected chi connectivity index (χ1v) is 4.94. The van der Waals surface area contributed by atoms with Gasteiger partial charge >= 0.3 is 0 Å². The summed E-state index contributed by atoms with van der Waals surface area (Å²) in [6, 6.07) is 0. The summed E-state index contributed by atoms with van der Waals surface area (Å²) in [7, 11) is 0. The van der Waals surface area contributed by atoms with E-state index in [0.717, 1.165) is 5.69 Å². The number of hydrogen-bond donors (Lipinski definition) is 3. The van der Waals surface area contributed by atoms with E-state index in [1.807, 2.05) is 0 Å². The highest BCUT2D eigenvalue weighted by atomic mass is 16.3. The Labute approximate surface area is 88.9 Å². The van der Waals surface area contributed by atoms with E-state index in [2.05, 4.69) is 15.6 Å². The van der Waals surface area contributed by atoms with E-state index in [9.17, 15) is 5.11 Å². The minimum Gasteiger partial charge on any atom is -0.394 e. The third-order valence-corrected chi connectivity index (χ3v) is 1.78. The van der Waals surface area contributed by atoms with Crippen LogP contribution in [0.25, 0.3) is 0 Å². The molecule has 0 radical (unpaired) electrons. The van der Waals surface area contributed by atoms with Crippen LogP contribution in [0.5, 0.6) is 0 Å². The van der Waals surface area contributed by atoms with E-state index >= 15 is 0 Å². The van der Waals surface area contributed by atoms with Crippen LogP contribution < -0.4 is 5.32 Å². The minimum absolute atomic E-state index is 0.0555. The van der Waals surface area contributed by atoms with Crippen molar-refractivity contribution in [3.63, 3.8) is 0 Å². The Morgan fingerprint density at radius 2 is 2.27 bits per heavy atom. The second-order valence-corrected chi connectivity index (χ2v) is 4.11. The summed E-state index contributed by atoms with van der Waals surface area (Å²) in [5.74, 6) is 0. The Bertz CT molecular complexity index is 293. The molecule has 0 aliphatic carbocycles. The third kappa shape index (κ3) is 4.87. The van der Waals surface area contributed by atoms with Crippen molar-refractivity contribution in [3.8, 4) is 0 Å². The summed E-state index contributed by atoms with van der Waals surface area (Å²) in [6.45, 7) is 5.05. The Morgan fingerprint density at radius 1 is 1.53 bits per heavy atom. The summed E-state index contributed by atoms with van der Waals surface area (Å²) in [6.07, 6.45) is 1.77. The van der Waals surface area contributed by atoms with Crippen molar-refractivity contribution in [2.45, 2.75) is 32.5 Å². The van der Waals surface area contributed by atoms with E-state index in [0.29, 0.717) is 19.6 Å². The van der Waals surface area contributed by atoms with Gasteiger partial charge in [0.25, 0.3) is 0 Å². The highest BCUT2D eigenvalue weighted by Gasteiger charge is 2.11. The Hall–Kier alpha value is -0.980. The second kappa shape index (κ2) is 5.20. The highest BCUT2D eigenvalue weighted by Crippen LogP contribution is 1.98. The zero-order valence-electron chi connectivity index (χ0n) is 9.14. The molecule has 15 heavy (non-hydrogen) atoms. The molecule has 1 rings (SSSR count). The summed E-state index contributed by atoms with van der Waals surface area (Å²) >= 11 is 0. The zero-order chi connectivity index (χ0) is 11.3. The van der Waals surface area contributed by atoms with Crippen LogP contribution in [0.1, 0.15) is 19.5 Å². The number of aliphatic hydroxyl groups is 2. The van der Waals surface area contributed by atoms with Gasteiger partial charge in [0, 0.05) is 19.3 Å². The molecular formula is C9H18N4O2. The van der Waals surface area contributed by atoms with Crippen LogP contribution >= 0.6 is 0 Å². The number of rotatable bonds is 6. The van der Waals surface area contributed by atoms with Crippen LogP contribution in [0, 0.1) is 0 Å². The van der Waals surface area contributed by atoms with Gasteiger partial charge in [-0.25, -0.2) is 4.68 Å². The SMILES string of the molecule is CC(C)(O)CNCc1cn(CCO)nn1. The normalized spacial score (nSPS) is 12.0. The number of nitrogens with one attached hydrogen (secondary N) is 1. The largest absolute Gasteiger partial charge is 0.394 e. The molecular weight excluding hydrogens is 196 g/mol. The van der Waals surface area contributed by atoms with Gasteiger partial charge in [0.15, 0.2) is 0 Å². The predicted octanol–water partition coefficient (Wildman–Crippen LogP) is -0.869. The molecule has 0 fully saturated rings. The van der Waals surface area contributed by atoms with Gasteiger partial charge in [0.1, 0.15) is 0 Å². The predicted molar refractivity (Wildman–Crippen MR) is 55.1 cm³/mol.